The predicted molar refractivity (Wildman–Crippen MR) is 111 cm³/mol. The molecule has 0 saturated heterocycles. The lowest BCUT2D eigenvalue weighted by Crippen LogP contribution is -2.48. The van der Waals surface area contributed by atoms with Gasteiger partial charge in [-0.2, -0.15) is 0 Å². The number of fused-ring (bicyclic) bond motifs is 5. The van der Waals surface area contributed by atoms with Crippen LogP contribution in [-0.2, 0) is 19.4 Å². The van der Waals surface area contributed by atoms with Gasteiger partial charge in [0.15, 0.2) is 0 Å². The third kappa shape index (κ3) is 2.82. The predicted octanol–water partition coefficient (Wildman–Crippen LogP) is 5.56. The first-order valence-electron chi connectivity index (χ1n) is 11.2. The third-order valence-electron chi connectivity index (χ3n) is 8.41. The smallest absolute Gasteiger partial charge is 0.119 e. The monoisotopic (exact) mass is 379 g/mol. The minimum Gasteiger partial charge on any atom is -0.508 e. The highest BCUT2D eigenvalue weighted by Crippen LogP contribution is 2.61. The molecule has 0 radical (unpaired) electrons. The molecule has 0 amide bonds. The van der Waals surface area contributed by atoms with Crippen molar-refractivity contribution in [1.82, 2.24) is 5.32 Å². The number of hydrogen-bond acceptors (Lipinski definition) is 3. The van der Waals surface area contributed by atoms with Gasteiger partial charge < -0.3 is 14.8 Å². The van der Waals surface area contributed by atoms with Crippen molar-refractivity contribution in [2.45, 2.75) is 77.3 Å². The minimum absolute atomic E-state index is 0.399. The van der Waals surface area contributed by atoms with E-state index >= 15 is 0 Å². The standard InChI is InChI=1S/C25H33NO2/c1-3-16-13-21-17(14-23(16)27)6-7-20-19(21)10-11-25(2)22(20)8-9-24(25)26-15-18-5-4-12-28-18/h4-5,12-14,19-20,22,24,26-27H,3,6-11,15H2,1-2H3/t19?,20?,22?,24-,25-/m0/s1. The summed E-state index contributed by atoms with van der Waals surface area (Å²) in [5, 5.41) is 14.1. The Balaban J connectivity index is 1.37. The van der Waals surface area contributed by atoms with E-state index < -0.39 is 0 Å². The van der Waals surface area contributed by atoms with Crippen LogP contribution in [0.5, 0.6) is 5.75 Å². The number of hydrogen-bond donors (Lipinski definition) is 2. The van der Waals surface area contributed by atoms with Crippen molar-refractivity contribution in [3.05, 3.63) is 53.0 Å². The number of aryl methyl sites for hydroxylation is 2. The summed E-state index contributed by atoms with van der Waals surface area (Å²) < 4.78 is 5.54. The van der Waals surface area contributed by atoms with Crippen molar-refractivity contribution in [1.29, 1.82) is 0 Å². The van der Waals surface area contributed by atoms with Crippen LogP contribution in [0.4, 0.5) is 0 Å². The summed E-state index contributed by atoms with van der Waals surface area (Å²) in [5.41, 5.74) is 4.48. The number of nitrogens with one attached hydrogen (secondary N) is 1. The molecule has 1 aromatic carbocycles. The van der Waals surface area contributed by atoms with Crippen LogP contribution < -0.4 is 5.32 Å². The van der Waals surface area contributed by atoms with E-state index in [1.54, 1.807) is 11.8 Å². The van der Waals surface area contributed by atoms with Crippen molar-refractivity contribution in [2.24, 2.45) is 17.3 Å². The van der Waals surface area contributed by atoms with E-state index in [1.807, 2.05) is 6.07 Å². The maximum absolute atomic E-state index is 10.3. The molecular formula is C25H33NO2. The quantitative estimate of drug-likeness (QED) is 0.731. The average Bonchev–Trinajstić information content (AvgIpc) is 3.32. The first-order chi connectivity index (χ1) is 13.6. The third-order valence-corrected chi connectivity index (χ3v) is 8.41. The molecule has 150 valence electrons. The molecule has 0 aliphatic heterocycles. The summed E-state index contributed by atoms with van der Waals surface area (Å²) in [4.78, 5) is 0. The number of aromatic hydroxyl groups is 1. The molecule has 3 aliphatic carbocycles. The molecule has 3 aliphatic rings. The molecule has 5 rings (SSSR count). The van der Waals surface area contributed by atoms with E-state index in [0.717, 1.165) is 42.5 Å². The van der Waals surface area contributed by atoms with Gasteiger partial charge in [-0.15, -0.1) is 0 Å². The number of rotatable bonds is 4. The normalized spacial score (nSPS) is 33.9. The zero-order valence-corrected chi connectivity index (χ0v) is 17.2. The van der Waals surface area contributed by atoms with Gasteiger partial charge in [-0.05, 0) is 103 Å². The fraction of sp³-hybridized carbons (Fsp3) is 0.600. The van der Waals surface area contributed by atoms with Crippen molar-refractivity contribution >= 4 is 0 Å². The zero-order chi connectivity index (χ0) is 19.3. The Morgan fingerprint density at radius 2 is 2.11 bits per heavy atom. The first kappa shape index (κ1) is 18.3. The van der Waals surface area contributed by atoms with Gasteiger partial charge in [-0.3, -0.25) is 0 Å². The van der Waals surface area contributed by atoms with Gasteiger partial charge in [0.25, 0.3) is 0 Å². The van der Waals surface area contributed by atoms with Crippen LogP contribution in [0.15, 0.2) is 34.9 Å². The summed E-state index contributed by atoms with van der Waals surface area (Å²) in [7, 11) is 0. The summed E-state index contributed by atoms with van der Waals surface area (Å²) in [6.07, 6.45) is 10.3. The zero-order valence-electron chi connectivity index (χ0n) is 17.2. The minimum atomic E-state index is 0.399. The van der Waals surface area contributed by atoms with Crippen LogP contribution in [0.2, 0.25) is 0 Å². The average molecular weight is 380 g/mol. The van der Waals surface area contributed by atoms with Crippen molar-refractivity contribution in [3.8, 4) is 5.75 Å². The van der Waals surface area contributed by atoms with Gasteiger partial charge in [0.2, 0.25) is 0 Å². The SMILES string of the molecule is CCc1cc2c(cc1O)CCC1C2CC[C@@]2(C)C1CC[C@@H]2NCc1ccco1. The van der Waals surface area contributed by atoms with Crippen molar-refractivity contribution < 1.29 is 9.52 Å². The molecule has 2 fully saturated rings. The Labute approximate surface area is 168 Å². The molecule has 3 nitrogen and oxygen atoms in total. The lowest BCUT2D eigenvalue weighted by atomic mass is 9.55. The van der Waals surface area contributed by atoms with Crippen LogP contribution in [0.25, 0.3) is 0 Å². The lowest BCUT2D eigenvalue weighted by Gasteiger charge is -2.51. The Kier molecular flexibility index (Phi) is 4.54. The van der Waals surface area contributed by atoms with Crippen LogP contribution in [-0.4, -0.2) is 11.1 Å². The largest absolute Gasteiger partial charge is 0.508 e. The Morgan fingerprint density at radius 3 is 2.89 bits per heavy atom. The Bertz CT molecular complexity index is 842. The second-order valence-electron chi connectivity index (χ2n) is 9.58. The molecular weight excluding hydrogens is 346 g/mol. The summed E-state index contributed by atoms with van der Waals surface area (Å²) in [6, 6.07) is 9.04. The summed E-state index contributed by atoms with van der Waals surface area (Å²) in [6.45, 7) is 5.53. The number of phenols is 1. The molecule has 28 heavy (non-hydrogen) atoms. The maximum atomic E-state index is 10.3. The highest BCUT2D eigenvalue weighted by atomic mass is 16.3. The molecule has 1 aromatic heterocycles. The molecule has 0 spiro atoms. The highest BCUT2D eigenvalue weighted by molar-refractivity contribution is 5.45. The molecule has 3 heteroatoms. The maximum Gasteiger partial charge on any atom is 0.119 e. The van der Waals surface area contributed by atoms with Crippen LogP contribution in [0.1, 0.15) is 74.3 Å². The molecule has 1 heterocycles. The second kappa shape index (κ2) is 6.95. The topological polar surface area (TPSA) is 45.4 Å². The molecule has 0 bridgehead atoms. The summed E-state index contributed by atoms with van der Waals surface area (Å²) in [5.74, 6) is 3.85. The number of furan rings is 1. The Morgan fingerprint density at radius 1 is 1.21 bits per heavy atom. The van der Waals surface area contributed by atoms with E-state index in [9.17, 15) is 5.11 Å². The molecule has 2 aromatic rings. The van der Waals surface area contributed by atoms with Crippen LogP contribution >= 0.6 is 0 Å². The molecule has 3 unspecified atom stereocenters. The Hall–Kier alpha value is -1.74. The second-order valence-corrected chi connectivity index (χ2v) is 9.58. The fourth-order valence-corrected chi connectivity index (χ4v) is 6.91. The van der Waals surface area contributed by atoms with Gasteiger partial charge in [-0.25, -0.2) is 0 Å². The molecule has 2 saturated carbocycles. The first-order valence-corrected chi connectivity index (χ1v) is 11.2. The van der Waals surface area contributed by atoms with E-state index in [-0.39, 0.29) is 0 Å². The van der Waals surface area contributed by atoms with Gasteiger partial charge in [0.1, 0.15) is 11.5 Å². The van der Waals surface area contributed by atoms with Gasteiger partial charge in [0, 0.05) is 6.04 Å². The van der Waals surface area contributed by atoms with E-state index in [2.05, 4.69) is 37.4 Å². The van der Waals surface area contributed by atoms with Gasteiger partial charge >= 0.3 is 0 Å². The van der Waals surface area contributed by atoms with E-state index in [1.165, 1.54) is 37.7 Å². The molecule has 5 atom stereocenters. The highest BCUT2D eigenvalue weighted by Gasteiger charge is 2.54. The van der Waals surface area contributed by atoms with E-state index in [0.29, 0.717) is 23.1 Å². The van der Waals surface area contributed by atoms with E-state index in [4.69, 9.17) is 4.42 Å². The van der Waals surface area contributed by atoms with Crippen molar-refractivity contribution in [2.75, 3.05) is 0 Å². The lowest BCUT2D eigenvalue weighted by molar-refractivity contribution is 0.0404. The van der Waals surface area contributed by atoms with Crippen molar-refractivity contribution in [3.63, 3.8) is 0 Å². The van der Waals surface area contributed by atoms with Gasteiger partial charge in [-0.1, -0.05) is 19.9 Å². The number of benzene rings is 1. The van der Waals surface area contributed by atoms with Gasteiger partial charge in [0.05, 0.1) is 12.8 Å². The number of phenolic OH excluding ortho intramolecular Hbond substituents is 1. The fourth-order valence-electron chi connectivity index (χ4n) is 6.91. The summed E-state index contributed by atoms with van der Waals surface area (Å²) >= 11 is 0. The molecule has 2 N–H and O–H groups in total. The van der Waals surface area contributed by atoms with Crippen LogP contribution in [0.3, 0.4) is 0 Å². The van der Waals surface area contributed by atoms with Crippen LogP contribution in [0, 0.1) is 17.3 Å².